The molecule has 0 unspecified atom stereocenters. The second kappa shape index (κ2) is 4.84. The van der Waals surface area contributed by atoms with E-state index >= 15 is 0 Å². The number of carbonyl (C=O) groups excluding carboxylic acids is 1. The molecule has 5 heteroatoms. The fourth-order valence-corrected chi connectivity index (χ4v) is 3.25. The molecule has 1 aliphatic rings. The van der Waals surface area contributed by atoms with Gasteiger partial charge in [0.1, 0.15) is 0 Å². The molecule has 4 nitrogen and oxygen atoms in total. The van der Waals surface area contributed by atoms with Crippen molar-refractivity contribution in [2.45, 2.75) is 25.7 Å². The van der Waals surface area contributed by atoms with Crippen LogP contribution in [-0.2, 0) is 12.8 Å². The Bertz CT molecular complexity index is 401. The molecule has 0 saturated carbocycles. The molecular formula is C11H16N2O2S. The van der Waals surface area contributed by atoms with Crippen molar-refractivity contribution in [3.05, 3.63) is 16.0 Å². The Morgan fingerprint density at radius 2 is 2.19 bits per heavy atom. The molecule has 0 fully saturated rings. The van der Waals surface area contributed by atoms with Crippen molar-refractivity contribution in [3.8, 4) is 0 Å². The number of aliphatic hydroxyl groups is 1. The smallest absolute Gasteiger partial charge is 0.254 e. The van der Waals surface area contributed by atoms with E-state index < -0.39 is 0 Å². The number of amides is 1. The van der Waals surface area contributed by atoms with Crippen LogP contribution in [0.4, 0.5) is 5.00 Å². The lowest BCUT2D eigenvalue weighted by Crippen LogP contribution is -2.27. The van der Waals surface area contributed by atoms with E-state index in [9.17, 15) is 4.79 Å². The lowest BCUT2D eigenvalue weighted by atomic mass is 9.95. The van der Waals surface area contributed by atoms with E-state index in [2.05, 4.69) is 5.32 Å². The number of nitrogens with one attached hydrogen (secondary N) is 1. The number of carbonyl (C=O) groups is 1. The van der Waals surface area contributed by atoms with Gasteiger partial charge in [-0.25, -0.2) is 0 Å². The fourth-order valence-electron chi connectivity index (χ4n) is 2.09. The Morgan fingerprint density at radius 3 is 2.94 bits per heavy atom. The highest BCUT2D eigenvalue weighted by atomic mass is 32.1. The van der Waals surface area contributed by atoms with Gasteiger partial charge >= 0.3 is 0 Å². The van der Waals surface area contributed by atoms with E-state index in [0.717, 1.165) is 24.8 Å². The second-order valence-corrected chi connectivity index (χ2v) is 5.07. The lowest BCUT2D eigenvalue weighted by Gasteiger charge is -2.12. The van der Waals surface area contributed by atoms with Crippen LogP contribution < -0.4 is 11.1 Å². The number of nitrogen functional groups attached to an aromatic ring is 1. The first kappa shape index (κ1) is 11.4. The Morgan fingerprint density at radius 1 is 1.44 bits per heavy atom. The van der Waals surface area contributed by atoms with Gasteiger partial charge in [-0.05, 0) is 31.2 Å². The summed E-state index contributed by atoms with van der Waals surface area (Å²) in [5, 5.41) is 12.0. The molecule has 0 radical (unpaired) electrons. The molecule has 0 bridgehead atoms. The molecule has 0 aromatic carbocycles. The summed E-state index contributed by atoms with van der Waals surface area (Å²) in [6.45, 7) is 0.237. The molecule has 0 atom stereocenters. The Kier molecular flexibility index (Phi) is 3.46. The van der Waals surface area contributed by atoms with Crippen LogP contribution >= 0.6 is 11.3 Å². The summed E-state index contributed by atoms with van der Waals surface area (Å²) >= 11 is 1.53. The summed E-state index contributed by atoms with van der Waals surface area (Å²) in [6.07, 6.45) is 4.30. The summed E-state index contributed by atoms with van der Waals surface area (Å²) < 4.78 is 0. The molecule has 1 amide bonds. The van der Waals surface area contributed by atoms with E-state index in [1.165, 1.54) is 22.6 Å². The number of hydrogen-bond acceptors (Lipinski definition) is 4. The third kappa shape index (κ3) is 2.05. The van der Waals surface area contributed by atoms with E-state index in [-0.39, 0.29) is 19.1 Å². The SMILES string of the molecule is Nc1sc2c(c1C(=O)NCCO)CCCC2. The number of aliphatic hydroxyl groups excluding tert-OH is 1. The van der Waals surface area contributed by atoms with Gasteiger partial charge in [-0.2, -0.15) is 0 Å². The predicted molar refractivity (Wildman–Crippen MR) is 64.8 cm³/mol. The van der Waals surface area contributed by atoms with Gasteiger partial charge in [-0.15, -0.1) is 11.3 Å². The average Bonchev–Trinajstić information content (AvgIpc) is 2.62. The second-order valence-electron chi connectivity index (χ2n) is 3.93. The molecule has 1 aromatic rings. The number of anilines is 1. The zero-order chi connectivity index (χ0) is 11.5. The first-order chi connectivity index (χ1) is 7.74. The van der Waals surface area contributed by atoms with Crippen LogP contribution in [-0.4, -0.2) is 24.2 Å². The Balaban J connectivity index is 2.25. The maximum Gasteiger partial charge on any atom is 0.254 e. The van der Waals surface area contributed by atoms with Crippen LogP contribution in [0.15, 0.2) is 0 Å². The average molecular weight is 240 g/mol. The number of thiophene rings is 1. The topological polar surface area (TPSA) is 75.4 Å². The molecule has 0 aliphatic heterocycles. The van der Waals surface area contributed by atoms with Gasteiger partial charge < -0.3 is 16.2 Å². The number of nitrogens with two attached hydrogens (primary N) is 1. The van der Waals surface area contributed by atoms with Crippen molar-refractivity contribution in [2.24, 2.45) is 0 Å². The third-order valence-electron chi connectivity index (χ3n) is 2.82. The van der Waals surface area contributed by atoms with Crippen molar-refractivity contribution in [1.29, 1.82) is 0 Å². The maximum atomic E-state index is 11.9. The van der Waals surface area contributed by atoms with Gasteiger partial charge in [0.2, 0.25) is 0 Å². The van der Waals surface area contributed by atoms with Gasteiger partial charge in [-0.1, -0.05) is 0 Å². The molecule has 2 rings (SSSR count). The normalized spacial score (nSPS) is 14.6. The van der Waals surface area contributed by atoms with Crippen LogP contribution in [0.2, 0.25) is 0 Å². The van der Waals surface area contributed by atoms with Gasteiger partial charge in [0.25, 0.3) is 5.91 Å². The number of fused-ring (bicyclic) bond motifs is 1. The summed E-state index contributed by atoms with van der Waals surface area (Å²) in [5.41, 5.74) is 7.66. The molecule has 0 saturated heterocycles. The highest BCUT2D eigenvalue weighted by Crippen LogP contribution is 2.36. The number of rotatable bonds is 3. The Labute approximate surface area is 98.5 Å². The minimum Gasteiger partial charge on any atom is -0.395 e. The van der Waals surface area contributed by atoms with Gasteiger partial charge in [-0.3, -0.25) is 4.79 Å². The van der Waals surface area contributed by atoms with Crippen molar-refractivity contribution in [3.63, 3.8) is 0 Å². The summed E-state index contributed by atoms with van der Waals surface area (Å²) in [4.78, 5) is 13.1. The standard InChI is InChI=1S/C11H16N2O2S/c12-10-9(11(15)13-5-6-14)7-3-1-2-4-8(7)16-10/h14H,1-6,12H2,(H,13,15). The minimum atomic E-state index is -0.147. The van der Waals surface area contributed by atoms with E-state index in [1.807, 2.05) is 0 Å². The molecule has 1 aromatic heterocycles. The van der Waals surface area contributed by atoms with Crippen molar-refractivity contribution < 1.29 is 9.90 Å². The van der Waals surface area contributed by atoms with Crippen LogP contribution in [0.3, 0.4) is 0 Å². The number of aryl methyl sites for hydroxylation is 1. The summed E-state index contributed by atoms with van der Waals surface area (Å²) in [7, 11) is 0. The molecule has 16 heavy (non-hydrogen) atoms. The van der Waals surface area contributed by atoms with E-state index in [1.54, 1.807) is 0 Å². The molecule has 1 heterocycles. The van der Waals surface area contributed by atoms with Crippen LogP contribution in [0.1, 0.15) is 33.6 Å². The van der Waals surface area contributed by atoms with E-state index in [0.29, 0.717) is 10.6 Å². The zero-order valence-electron chi connectivity index (χ0n) is 9.08. The highest BCUT2D eigenvalue weighted by molar-refractivity contribution is 7.16. The molecule has 88 valence electrons. The predicted octanol–water partition coefficient (Wildman–Crippen LogP) is 0.931. The first-order valence-corrected chi connectivity index (χ1v) is 6.34. The lowest BCUT2D eigenvalue weighted by molar-refractivity contribution is 0.0945. The summed E-state index contributed by atoms with van der Waals surface area (Å²) in [5.74, 6) is -0.147. The minimum absolute atomic E-state index is 0.0437. The highest BCUT2D eigenvalue weighted by Gasteiger charge is 2.23. The van der Waals surface area contributed by atoms with Gasteiger partial charge in [0.15, 0.2) is 0 Å². The third-order valence-corrected chi connectivity index (χ3v) is 3.94. The summed E-state index contributed by atoms with van der Waals surface area (Å²) in [6, 6.07) is 0. The first-order valence-electron chi connectivity index (χ1n) is 5.53. The van der Waals surface area contributed by atoms with Crippen molar-refractivity contribution >= 4 is 22.2 Å². The van der Waals surface area contributed by atoms with Crippen LogP contribution in [0, 0.1) is 0 Å². The molecular weight excluding hydrogens is 224 g/mol. The van der Waals surface area contributed by atoms with Gasteiger partial charge in [0.05, 0.1) is 17.2 Å². The quantitative estimate of drug-likeness (QED) is 0.735. The number of hydrogen-bond donors (Lipinski definition) is 3. The van der Waals surface area contributed by atoms with Crippen LogP contribution in [0.5, 0.6) is 0 Å². The molecule has 1 aliphatic carbocycles. The fraction of sp³-hybridized carbons (Fsp3) is 0.545. The monoisotopic (exact) mass is 240 g/mol. The van der Waals surface area contributed by atoms with Crippen molar-refractivity contribution in [1.82, 2.24) is 5.32 Å². The van der Waals surface area contributed by atoms with Gasteiger partial charge in [0, 0.05) is 11.4 Å². The molecule has 4 N–H and O–H groups in total. The molecule has 0 spiro atoms. The largest absolute Gasteiger partial charge is 0.395 e. The maximum absolute atomic E-state index is 11.9. The van der Waals surface area contributed by atoms with Crippen molar-refractivity contribution in [2.75, 3.05) is 18.9 Å². The zero-order valence-corrected chi connectivity index (χ0v) is 9.90. The van der Waals surface area contributed by atoms with Crippen LogP contribution in [0.25, 0.3) is 0 Å². The Hall–Kier alpha value is -1.07. The van der Waals surface area contributed by atoms with E-state index in [4.69, 9.17) is 10.8 Å².